The maximum Gasteiger partial charge on any atom is 0.338 e. The van der Waals surface area contributed by atoms with Gasteiger partial charge in [0.2, 0.25) is 0 Å². The highest BCUT2D eigenvalue weighted by Crippen LogP contribution is 2.17. The van der Waals surface area contributed by atoms with Gasteiger partial charge in [-0.1, -0.05) is 31.5 Å². The first-order chi connectivity index (χ1) is 9.60. The summed E-state index contributed by atoms with van der Waals surface area (Å²) in [6.07, 6.45) is 4.73. The van der Waals surface area contributed by atoms with Crippen LogP contribution in [0.5, 0.6) is 0 Å². The molecule has 0 aliphatic heterocycles. The van der Waals surface area contributed by atoms with Crippen LogP contribution in [0, 0.1) is 6.92 Å². The second-order valence-electron chi connectivity index (χ2n) is 4.39. The van der Waals surface area contributed by atoms with E-state index in [2.05, 4.69) is 0 Å². The van der Waals surface area contributed by atoms with E-state index in [0.717, 1.165) is 18.4 Å². The van der Waals surface area contributed by atoms with Crippen LogP contribution in [0.25, 0.3) is 6.08 Å². The van der Waals surface area contributed by atoms with Gasteiger partial charge in [0.1, 0.15) is 0 Å². The van der Waals surface area contributed by atoms with Gasteiger partial charge in [-0.15, -0.1) is 0 Å². The van der Waals surface area contributed by atoms with Crippen molar-refractivity contribution in [1.82, 2.24) is 0 Å². The first kappa shape index (κ1) is 16.0. The summed E-state index contributed by atoms with van der Waals surface area (Å²) < 4.78 is 9.77. The molecule has 1 aromatic rings. The van der Waals surface area contributed by atoms with Crippen molar-refractivity contribution in [2.24, 2.45) is 0 Å². The Labute approximate surface area is 119 Å². The highest BCUT2D eigenvalue weighted by Gasteiger charge is 2.12. The summed E-state index contributed by atoms with van der Waals surface area (Å²) >= 11 is 0. The lowest BCUT2D eigenvalue weighted by Crippen LogP contribution is -2.06. The van der Waals surface area contributed by atoms with E-state index in [4.69, 9.17) is 9.47 Å². The molecule has 0 aliphatic rings. The third-order valence-corrected chi connectivity index (χ3v) is 2.84. The Bertz CT molecular complexity index is 503. The number of benzene rings is 1. The topological polar surface area (TPSA) is 52.6 Å². The van der Waals surface area contributed by atoms with Gasteiger partial charge in [0.25, 0.3) is 0 Å². The molecule has 0 N–H and O–H groups in total. The fraction of sp³-hybridized carbons (Fsp3) is 0.375. The summed E-state index contributed by atoms with van der Waals surface area (Å²) in [7, 11) is 1.33. The summed E-state index contributed by atoms with van der Waals surface area (Å²) in [6, 6.07) is 5.40. The van der Waals surface area contributed by atoms with Crippen LogP contribution in [0.1, 0.15) is 41.3 Å². The molecule has 0 atom stereocenters. The lowest BCUT2D eigenvalue weighted by Gasteiger charge is -2.07. The number of unbranched alkanes of at least 4 members (excludes halogenated alkanes) is 1. The van der Waals surface area contributed by atoms with Gasteiger partial charge in [-0.2, -0.15) is 0 Å². The van der Waals surface area contributed by atoms with Crippen LogP contribution in [0.2, 0.25) is 0 Å². The zero-order valence-electron chi connectivity index (χ0n) is 12.1. The quantitative estimate of drug-likeness (QED) is 0.455. The molecular weight excluding hydrogens is 256 g/mol. The van der Waals surface area contributed by atoms with Gasteiger partial charge in [0.05, 0.1) is 19.3 Å². The van der Waals surface area contributed by atoms with E-state index >= 15 is 0 Å². The molecular formula is C16H20O4. The summed E-state index contributed by atoms with van der Waals surface area (Å²) in [5.41, 5.74) is 1.91. The molecule has 0 amide bonds. The summed E-state index contributed by atoms with van der Waals surface area (Å²) in [5, 5.41) is 0. The van der Waals surface area contributed by atoms with Crippen LogP contribution in [0.15, 0.2) is 24.3 Å². The van der Waals surface area contributed by atoms with Crippen LogP contribution in [0.3, 0.4) is 0 Å². The molecule has 0 bridgehead atoms. The van der Waals surface area contributed by atoms with Gasteiger partial charge in [-0.3, -0.25) is 0 Å². The standard InChI is InChI=1S/C16H20O4/c1-4-5-11-20-14(17)10-9-13-8-6-7-12(2)15(13)16(18)19-3/h6-10H,4-5,11H2,1-3H3/b10-9+. The van der Waals surface area contributed by atoms with Gasteiger partial charge < -0.3 is 9.47 Å². The maximum absolute atomic E-state index is 11.7. The second-order valence-corrected chi connectivity index (χ2v) is 4.39. The summed E-state index contributed by atoms with van der Waals surface area (Å²) in [4.78, 5) is 23.2. The fourth-order valence-electron chi connectivity index (χ4n) is 1.73. The molecule has 108 valence electrons. The van der Waals surface area contributed by atoms with Gasteiger partial charge >= 0.3 is 11.9 Å². The minimum atomic E-state index is -0.415. The van der Waals surface area contributed by atoms with E-state index in [9.17, 15) is 9.59 Å². The van der Waals surface area contributed by atoms with Crippen molar-refractivity contribution in [1.29, 1.82) is 0 Å². The number of esters is 2. The molecule has 1 rings (SSSR count). The minimum Gasteiger partial charge on any atom is -0.465 e. The molecule has 4 nitrogen and oxygen atoms in total. The van der Waals surface area contributed by atoms with Gasteiger partial charge in [-0.25, -0.2) is 9.59 Å². The van der Waals surface area contributed by atoms with Crippen LogP contribution >= 0.6 is 0 Å². The normalized spacial score (nSPS) is 10.6. The molecule has 0 aromatic heterocycles. The average molecular weight is 276 g/mol. The molecule has 1 aromatic carbocycles. The van der Waals surface area contributed by atoms with Crippen molar-refractivity contribution >= 4 is 18.0 Å². The van der Waals surface area contributed by atoms with Crippen LogP contribution in [-0.4, -0.2) is 25.7 Å². The van der Waals surface area contributed by atoms with E-state index in [1.54, 1.807) is 12.1 Å². The number of hydrogen-bond acceptors (Lipinski definition) is 4. The van der Waals surface area contributed by atoms with Crippen molar-refractivity contribution in [3.05, 3.63) is 41.0 Å². The zero-order chi connectivity index (χ0) is 15.0. The Morgan fingerprint density at radius 3 is 2.70 bits per heavy atom. The predicted molar refractivity (Wildman–Crippen MR) is 77.4 cm³/mol. The van der Waals surface area contributed by atoms with Crippen molar-refractivity contribution in [2.75, 3.05) is 13.7 Å². The van der Waals surface area contributed by atoms with Crippen molar-refractivity contribution in [3.63, 3.8) is 0 Å². The third-order valence-electron chi connectivity index (χ3n) is 2.84. The van der Waals surface area contributed by atoms with E-state index < -0.39 is 11.9 Å². The smallest absolute Gasteiger partial charge is 0.338 e. The van der Waals surface area contributed by atoms with Crippen LogP contribution in [0.4, 0.5) is 0 Å². The van der Waals surface area contributed by atoms with Crippen molar-refractivity contribution < 1.29 is 19.1 Å². The first-order valence-electron chi connectivity index (χ1n) is 6.63. The third kappa shape index (κ3) is 4.53. The Morgan fingerprint density at radius 2 is 2.05 bits per heavy atom. The number of aryl methyl sites for hydroxylation is 1. The van der Waals surface area contributed by atoms with Crippen molar-refractivity contribution in [2.45, 2.75) is 26.7 Å². The van der Waals surface area contributed by atoms with Crippen molar-refractivity contribution in [3.8, 4) is 0 Å². The Kier molecular flexibility index (Phi) is 6.50. The Hall–Kier alpha value is -2.10. The lowest BCUT2D eigenvalue weighted by molar-refractivity contribution is -0.137. The number of carbonyl (C=O) groups is 2. The Balaban J connectivity index is 2.84. The summed E-state index contributed by atoms with van der Waals surface area (Å²) in [6.45, 7) is 4.26. The van der Waals surface area contributed by atoms with E-state index in [1.165, 1.54) is 13.2 Å². The SMILES string of the molecule is CCCCOC(=O)/C=C/c1cccc(C)c1C(=O)OC. The minimum absolute atomic E-state index is 0.407. The highest BCUT2D eigenvalue weighted by atomic mass is 16.5. The molecule has 0 aliphatic carbocycles. The lowest BCUT2D eigenvalue weighted by atomic mass is 10.0. The van der Waals surface area contributed by atoms with Crippen LogP contribution in [-0.2, 0) is 14.3 Å². The van der Waals surface area contributed by atoms with E-state index in [0.29, 0.717) is 17.7 Å². The molecule has 20 heavy (non-hydrogen) atoms. The zero-order valence-corrected chi connectivity index (χ0v) is 12.1. The second kappa shape index (κ2) is 8.15. The molecule has 0 radical (unpaired) electrons. The molecule has 0 heterocycles. The number of rotatable bonds is 6. The van der Waals surface area contributed by atoms with Gasteiger partial charge in [-0.05, 0) is 30.5 Å². The average Bonchev–Trinajstić information content (AvgIpc) is 2.44. The molecule has 0 saturated heterocycles. The molecule has 0 spiro atoms. The number of ether oxygens (including phenoxy) is 2. The molecule has 4 heteroatoms. The summed E-state index contributed by atoms with van der Waals surface area (Å²) in [5.74, 6) is -0.821. The number of carbonyl (C=O) groups excluding carboxylic acids is 2. The first-order valence-corrected chi connectivity index (χ1v) is 6.63. The molecule has 0 saturated carbocycles. The predicted octanol–water partition coefficient (Wildman–Crippen LogP) is 3.14. The highest BCUT2D eigenvalue weighted by molar-refractivity contribution is 5.97. The molecule has 0 unspecified atom stereocenters. The molecule has 0 fully saturated rings. The van der Waals surface area contributed by atoms with Gasteiger partial charge in [0.15, 0.2) is 0 Å². The maximum atomic E-state index is 11.7. The monoisotopic (exact) mass is 276 g/mol. The fourth-order valence-corrected chi connectivity index (χ4v) is 1.73. The van der Waals surface area contributed by atoms with Gasteiger partial charge in [0, 0.05) is 6.08 Å². The number of methoxy groups -OCH3 is 1. The largest absolute Gasteiger partial charge is 0.465 e. The number of hydrogen-bond donors (Lipinski definition) is 0. The van der Waals surface area contributed by atoms with Crippen LogP contribution < -0.4 is 0 Å². The van der Waals surface area contributed by atoms with E-state index in [1.807, 2.05) is 26.0 Å². The van der Waals surface area contributed by atoms with E-state index in [-0.39, 0.29) is 0 Å². The Morgan fingerprint density at radius 1 is 1.30 bits per heavy atom.